The van der Waals surface area contributed by atoms with Crippen molar-refractivity contribution in [1.82, 2.24) is 15.5 Å². The minimum Gasteiger partial charge on any atom is -0.460 e. The number of nitrogens with one attached hydrogen (secondary N) is 2. The molecule has 0 saturated heterocycles. The normalized spacial score (nSPS) is 16.9. The molecule has 9 heteroatoms. The van der Waals surface area contributed by atoms with E-state index in [0.29, 0.717) is 6.42 Å². The Balaban J connectivity index is 2.11. The molecule has 1 aliphatic heterocycles. The summed E-state index contributed by atoms with van der Waals surface area (Å²) < 4.78 is 5.39. The van der Waals surface area contributed by atoms with Gasteiger partial charge < -0.3 is 21.1 Å². The zero-order chi connectivity index (χ0) is 23.6. The second-order valence-corrected chi connectivity index (χ2v) is 8.96. The molecule has 1 aliphatic rings. The molecule has 0 aliphatic carbocycles. The molecule has 0 spiro atoms. The van der Waals surface area contributed by atoms with Crippen LogP contribution in [0.2, 0.25) is 0 Å². The molecule has 1 rings (SSSR count). The second-order valence-electron chi connectivity index (χ2n) is 8.96. The van der Waals surface area contributed by atoms with Gasteiger partial charge in [-0.3, -0.25) is 24.1 Å². The van der Waals surface area contributed by atoms with E-state index in [2.05, 4.69) is 10.6 Å². The highest BCUT2D eigenvalue weighted by atomic mass is 16.6. The van der Waals surface area contributed by atoms with Gasteiger partial charge in [0, 0.05) is 43.7 Å². The number of hydrogen-bond donors (Lipinski definition) is 3. The molecule has 1 heterocycles. The number of ether oxygens (including phenoxy) is 1. The molecule has 9 nitrogen and oxygen atoms in total. The highest BCUT2D eigenvalue weighted by Crippen LogP contribution is 2.14. The van der Waals surface area contributed by atoms with Crippen LogP contribution in [0.15, 0.2) is 12.2 Å². The minimum atomic E-state index is -0.533. The molecular formula is C22H38N4O5. The van der Waals surface area contributed by atoms with E-state index in [-0.39, 0.29) is 48.9 Å². The number of esters is 1. The maximum Gasteiger partial charge on any atom is 0.310 e. The standard InChI is InChI=1S/C22H38N4O5/c1-15(21(30)31-22(3,4)5)20(23)16(2)24-12-8-6-7-9-17(27)25-13-14-26-18(28)10-11-19(26)29/h10-11,15-16,20,24H,6-9,12-14,23H2,1-5H3,(H,25,27)/t15-,16-,20-/m0/s1. The third-order valence-corrected chi connectivity index (χ3v) is 5.04. The van der Waals surface area contributed by atoms with Crippen molar-refractivity contribution in [1.29, 1.82) is 0 Å². The third-order valence-electron chi connectivity index (χ3n) is 5.04. The smallest absolute Gasteiger partial charge is 0.310 e. The Hall–Kier alpha value is -2.26. The average molecular weight is 439 g/mol. The van der Waals surface area contributed by atoms with Gasteiger partial charge in [-0.1, -0.05) is 13.3 Å². The Bertz CT molecular complexity index is 653. The zero-order valence-electron chi connectivity index (χ0n) is 19.4. The molecule has 0 aromatic carbocycles. The number of rotatable bonds is 13. The van der Waals surface area contributed by atoms with Gasteiger partial charge in [-0.05, 0) is 47.1 Å². The van der Waals surface area contributed by atoms with Gasteiger partial charge in [0.1, 0.15) is 5.60 Å². The molecule has 0 unspecified atom stereocenters. The van der Waals surface area contributed by atoms with E-state index in [4.69, 9.17) is 10.5 Å². The fraction of sp³-hybridized carbons (Fsp3) is 0.727. The second kappa shape index (κ2) is 12.6. The lowest BCUT2D eigenvalue weighted by molar-refractivity contribution is -0.160. The van der Waals surface area contributed by atoms with Gasteiger partial charge in [-0.25, -0.2) is 0 Å². The summed E-state index contributed by atoms with van der Waals surface area (Å²) in [6.45, 7) is 10.4. The summed E-state index contributed by atoms with van der Waals surface area (Å²) in [4.78, 5) is 47.9. The maximum absolute atomic E-state index is 12.2. The molecule has 0 aromatic rings. The van der Waals surface area contributed by atoms with Crippen LogP contribution in [0.4, 0.5) is 0 Å². The number of carbonyl (C=O) groups is 4. The van der Waals surface area contributed by atoms with Crippen LogP contribution in [0.25, 0.3) is 0 Å². The summed E-state index contributed by atoms with van der Waals surface area (Å²) in [5.41, 5.74) is 5.67. The van der Waals surface area contributed by atoms with Gasteiger partial charge in [0.05, 0.1) is 5.92 Å². The highest BCUT2D eigenvalue weighted by molar-refractivity contribution is 6.12. The fourth-order valence-electron chi connectivity index (χ4n) is 3.09. The molecule has 3 amide bonds. The summed E-state index contributed by atoms with van der Waals surface area (Å²) >= 11 is 0. The van der Waals surface area contributed by atoms with Gasteiger partial charge in [-0.15, -0.1) is 0 Å². The van der Waals surface area contributed by atoms with Gasteiger partial charge >= 0.3 is 5.97 Å². The van der Waals surface area contributed by atoms with Crippen LogP contribution in [0.1, 0.15) is 60.3 Å². The quantitative estimate of drug-likeness (QED) is 0.221. The Morgan fingerprint density at radius 2 is 1.68 bits per heavy atom. The van der Waals surface area contributed by atoms with Crippen molar-refractivity contribution in [3.05, 3.63) is 12.2 Å². The first kappa shape index (κ1) is 26.8. The predicted molar refractivity (Wildman–Crippen MR) is 118 cm³/mol. The molecule has 0 bridgehead atoms. The number of hydrogen-bond acceptors (Lipinski definition) is 7. The van der Waals surface area contributed by atoms with Gasteiger partial charge in [-0.2, -0.15) is 0 Å². The van der Waals surface area contributed by atoms with Crippen LogP contribution in [0, 0.1) is 5.92 Å². The molecule has 3 atom stereocenters. The lowest BCUT2D eigenvalue weighted by atomic mass is 9.96. The Kier molecular flexibility index (Phi) is 10.8. The molecule has 176 valence electrons. The van der Waals surface area contributed by atoms with E-state index in [1.807, 2.05) is 27.7 Å². The summed E-state index contributed by atoms with van der Waals surface area (Å²) in [6, 6.07) is -0.401. The minimum absolute atomic E-state index is 0.0451. The predicted octanol–water partition coefficient (Wildman–Crippen LogP) is 0.871. The van der Waals surface area contributed by atoms with Crippen LogP contribution in [0.5, 0.6) is 0 Å². The number of amides is 3. The van der Waals surface area contributed by atoms with Crippen LogP contribution >= 0.6 is 0 Å². The van der Waals surface area contributed by atoms with Crippen molar-refractivity contribution >= 4 is 23.7 Å². The lowest BCUT2D eigenvalue weighted by Gasteiger charge is -2.28. The molecule has 0 aromatic heterocycles. The average Bonchev–Trinajstić information content (AvgIpc) is 2.99. The highest BCUT2D eigenvalue weighted by Gasteiger charge is 2.29. The monoisotopic (exact) mass is 438 g/mol. The topological polar surface area (TPSA) is 131 Å². The van der Waals surface area contributed by atoms with Gasteiger partial charge in [0.2, 0.25) is 5.91 Å². The molecule has 0 fully saturated rings. The van der Waals surface area contributed by atoms with Gasteiger partial charge in [0.15, 0.2) is 0 Å². The first-order valence-corrected chi connectivity index (χ1v) is 10.9. The number of nitrogens with zero attached hydrogens (tertiary/aromatic N) is 1. The first-order chi connectivity index (χ1) is 14.4. The largest absolute Gasteiger partial charge is 0.460 e. The van der Waals surface area contributed by atoms with Crippen LogP contribution < -0.4 is 16.4 Å². The first-order valence-electron chi connectivity index (χ1n) is 10.9. The van der Waals surface area contributed by atoms with Gasteiger partial charge in [0.25, 0.3) is 11.8 Å². The van der Waals surface area contributed by atoms with Crippen LogP contribution in [0.3, 0.4) is 0 Å². The summed E-state index contributed by atoms with van der Waals surface area (Å²) in [7, 11) is 0. The van der Waals surface area contributed by atoms with Crippen molar-refractivity contribution in [2.45, 2.75) is 78.0 Å². The molecule has 4 N–H and O–H groups in total. The SMILES string of the molecule is C[C@H](NCCCCCC(=O)NCCN1C(=O)C=CC1=O)[C@@H](N)[C@H](C)C(=O)OC(C)(C)C. The van der Waals surface area contributed by atoms with Crippen molar-refractivity contribution in [2.75, 3.05) is 19.6 Å². The Morgan fingerprint density at radius 1 is 1.06 bits per heavy atom. The molecular weight excluding hydrogens is 400 g/mol. The number of unbranched alkanes of at least 4 members (excludes halogenated alkanes) is 2. The fourth-order valence-corrected chi connectivity index (χ4v) is 3.09. The summed E-state index contributed by atoms with van der Waals surface area (Å²) in [5, 5.41) is 6.06. The Labute approximate surface area is 185 Å². The van der Waals surface area contributed by atoms with Crippen molar-refractivity contribution in [3.63, 3.8) is 0 Å². The van der Waals surface area contributed by atoms with E-state index in [1.165, 1.54) is 12.2 Å². The summed E-state index contributed by atoms with van der Waals surface area (Å²) in [5.74, 6) is -1.49. The van der Waals surface area contributed by atoms with Crippen molar-refractivity contribution in [3.8, 4) is 0 Å². The summed E-state index contributed by atoms with van der Waals surface area (Å²) in [6.07, 6.45) is 5.34. The molecule has 0 radical (unpaired) electrons. The molecule has 31 heavy (non-hydrogen) atoms. The van der Waals surface area contributed by atoms with Crippen molar-refractivity contribution in [2.24, 2.45) is 11.7 Å². The van der Waals surface area contributed by atoms with E-state index in [1.54, 1.807) is 6.92 Å². The van der Waals surface area contributed by atoms with Crippen LogP contribution in [-0.4, -0.2) is 65.9 Å². The zero-order valence-corrected chi connectivity index (χ0v) is 19.4. The number of nitrogens with two attached hydrogens (primary N) is 1. The number of imide groups is 1. The van der Waals surface area contributed by atoms with E-state index < -0.39 is 11.5 Å². The molecule has 0 saturated carbocycles. The van der Waals surface area contributed by atoms with E-state index >= 15 is 0 Å². The van der Waals surface area contributed by atoms with Crippen molar-refractivity contribution < 1.29 is 23.9 Å². The Morgan fingerprint density at radius 3 is 2.26 bits per heavy atom. The lowest BCUT2D eigenvalue weighted by Crippen LogP contribution is -2.50. The van der Waals surface area contributed by atoms with E-state index in [0.717, 1.165) is 30.7 Å². The van der Waals surface area contributed by atoms with E-state index in [9.17, 15) is 19.2 Å². The third kappa shape index (κ3) is 10.1. The van der Waals surface area contributed by atoms with Crippen LogP contribution in [-0.2, 0) is 23.9 Å². The number of carbonyl (C=O) groups excluding carboxylic acids is 4. The maximum atomic E-state index is 12.2.